The molecule has 2 aliphatic rings. The highest BCUT2D eigenvalue weighted by molar-refractivity contribution is 5.26. The number of nitrogens with zero attached hydrogens (tertiary/aromatic N) is 2. The van der Waals surface area contributed by atoms with Crippen molar-refractivity contribution in [3.05, 3.63) is 70.8 Å². The first-order valence-corrected chi connectivity index (χ1v) is 18.8. The Labute approximate surface area is 267 Å². The van der Waals surface area contributed by atoms with Crippen LogP contribution in [0.5, 0.6) is 0 Å². The summed E-state index contributed by atoms with van der Waals surface area (Å²) in [6.45, 7) is 12.2. The van der Waals surface area contributed by atoms with Gasteiger partial charge in [-0.25, -0.2) is 0 Å². The average molecular weight is 587 g/mol. The predicted molar refractivity (Wildman–Crippen MR) is 188 cm³/mol. The fraction of sp³-hybridized carbons (Fsp3) is 0.707. The summed E-state index contributed by atoms with van der Waals surface area (Å²) in [7, 11) is 0. The summed E-state index contributed by atoms with van der Waals surface area (Å²) >= 11 is 0. The van der Waals surface area contributed by atoms with Crippen LogP contribution < -0.4 is 0 Å². The fourth-order valence-corrected chi connectivity index (χ4v) is 7.12. The Morgan fingerprint density at radius 2 is 1.02 bits per heavy atom. The van der Waals surface area contributed by atoms with Crippen molar-refractivity contribution in [2.24, 2.45) is 0 Å². The largest absolute Gasteiger partial charge is 0.298 e. The molecule has 0 spiro atoms. The van der Waals surface area contributed by atoms with Crippen LogP contribution in [0.1, 0.15) is 152 Å². The summed E-state index contributed by atoms with van der Waals surface area (Å²) in [5.74, 6) is 0.757. The van der Waals surface area contributed by atoms with Gasteiger partial charge < -0.3 is 0 Å². The number of unbranched alkanes of at least 4 members (excludes halogenated alkanes) is 10. The van der Waals surface area contributed by atoms with Crippen molar-refractivity contribution < 1.29 is 0 Å². The van der Waals surface area contributed by atoms with Crippen LogP contribution in [0.25, 0.3) is 0 Å². The lowest BCUT2D eigenvalue weighted by molar-refractivity contribution is 0.487. The molecule has 2 heterocycles. The molecule has 2 saturated heterocycles. The molecule has 2 fully saturated rings. The summed E-state index contributed by atoms with van der Waals surface area (Å²) in [4.78, 5) is 5.17. The SMILES string of the molecule is CCCCCCCC(CCCCCCCc1cccc(CCCCN2CC2C)c1)c1ccc(CCCCN2CC2C)cc1. The van der Waals surface area contributed by atoms with Gasteiger partial charge in [-0.1, -0.05) is 113 Å². The van der Waals surface area contributed by atoms with E-state index >= 15 is 0 Å². The second kappa shape index (κ2) is 19.7. The van der Waals surface area contributed by atoms with Gasteiger partial charge in [-0.15, -0.1) is 0 Å². The third kappa shape index (κ3) is 13.9. The van der Waals surface area contributed by atoms with Crippen molar-refractivity contribution in [1.82, 2.24) is 9.80 Å². The van der Waals surface area contributed by atoms with E-state index in [1.807, 2.05) is 0 Å². The van der Waals surface area contributed by atoms with Crippen molar-refractivity contribution >= 4 is 0 Å². The first-order valence-electron chi connectivity index (χ1n) is 18.8. The van der Waals surface area contributed by atoms with E-state index in [4.69, 9.17) is 0 Å². The van der Waals surface area contributed by atoms with E-state index in [0.717, 1.165) is 18.0 Å². The summed E-state index contributed by atoms with van der Waals surface area (Å²) in [6.07, 6.45) is 25.7. The molecule has 4 rings (SSSR count). The van der Waals surface area contributed by atoms with E-state index in [0.29, 0.717) is 0 Å². The number of benzene rings is 2. The second-order valence-electron chi connectivity index (χ2n) is 14.4. The molecule has 2 aromatic rings. The Balaban J connectivity index is 1.10. The monoisotopic (exact) mass is 587 g/mol. The standard InChI is InChI=1S/C41H66N2/c1-4-5-6-8-12-24-40(41-28-26-37(27-29-41)19-14-16-30-42-33-35(42)2)25-13-10-7-9-11-20-38-22-18-23-39(32-38)21-15-17-31-43-34-36(43)3/h18,22-23,26-29,32,35-36,40H,4-17,19-21,24-25,30-31,33-34H2,1-3H3. The molecule has 2 aliphatic heterocycles. The molecule has 0 radical (unpaired) electrons. The Morgan fingerprint density at radius 1 is 0.558 bits per heavy atom. The smallest absolute Gasteiger partial charge is 0.0195 e. The van der Waals surface area contributed by atoms with Crippen LogP contribution in [0.4, 0.5) is 0 Å². The number of aryl methyl sites for hydroxylation is 3. The minimum Gasteiger partial charge on any atom is -0.298 e. The van der Waals surface area contributed by atoms with Gasteiger partial charge in [0.25, 0.3) is 0 Å². The van der Waals surface area contributed by atoms with Gasteiger partial charge in [-0.3, -0.25) is 9.80 Å². The Morgan fingerprint density at radius 3 is 1.56 bits per heavy atom. The molecule has 0 amide bonds. The Hall–Kier alpha value is -1.64. The maximum absolute atomic E-state index is 2.59. The van der Waals surface area contributed by atoms with Crippen LogP contribution in [0.3, 0.4) is 0 Å². The molecule has 43 heavy (non-hydrogen) atoms. The average Bonchev–Trinajstić information content (AvgIpc) is 3.93. The van der Waals surface area contributed by atoms with E-state index < -0.39 is 0 Å². The maximum Gasteiger partial charge on any atom is 0.0195 e. The van der Waals surface area contributed by atoms with Gasteiger partial charge in [0.1, 0.15) is 0 Å². The zero-order chi connectivity index (χ0) is 30.1. The first-order chi connectivity index (χ1) is 21.1. The minimum atomic E-state index is 0.757. The summed E-state index contributed by atoms with van der Waals surface area (Å²) in [6, 6.07) is 21.0. The third-order valence-electron chi connectivity index (χ3n) is 10.4. The predicted octanol–water partition coefficient (Wildman–Crippen LogP) is 10.8. The van der Waals surface area contributed by atoms with Crippen molar-refractivity contribution in [2.45, 2.75) is 161 Å². The highest BCUT2D eigenvalue weighted by Gasteiger charge is 2.28. The van der Waals surface area contributed by atoms with Gasteiger partial charge in [-0.05, 0) is 119 Å². The van der Waals surface area contributed by atoms with Crippen molar-refractivity contribution in [1.29, 1.82) is 0 Å². The van der Waals surface area contributed by atoms with E-state index in [2.05, 4.69) is 79.1 Å². The van der Waals surface area contributed by atoms with Crippen molar-refractivity contribution in [3.8, 4) is 0 Å². The van der Waals surface area contributed by atoms with E-state index in [-0.39, 0.29) is 0 Å². The van der Waals surface area contributed by atoms with Crippen molar-refractivity contribution in [2.75, 3.05) is 26.2 Å². The highest BCUT2D eigenvalue weighted by Crippen LogP contribution is 2.29. The molecule has 240 valence electrons. The Bertz CT molecular complexity index is 997. The molecule has 0 aliphatic carbocycles. The van der Waals surface area contributed by atoms with Crippen LogP contribution in [-0.2, 0) is 19.3 Å². The van der Waals surface area contributed by atoms with Gasteiger partial charge in [0, 0.05) is 25.2 Å². The zero-order valence-corrected chi connectivity index (χ0v) is 28.5. The lowest BCUT2D eigenvalue weighted by atomic mass is 9.87. The van der Waals surface area contributed by atoms with E-state index in [1.165, 1.54) is 154 Å². The number of hydrogen-bond acceptors (Lipinski definition) is 2. The Kier molecular flexibility index (Phi) is 15.7. The van der Waals surface area contributed by atoms with Gasteiger partial charge >= 0.3 is 0 Å². The highest BCUT2D eigenvalue weighted by atomic mass is 15.3. The molecule has 0 saturated carbocycles. The molecule has 2 aromatic carbocycles. The minimum absolute atomic E-state index is 0.757. The van der Waals surface area contributed by atoms with E-state index in [9.17, 15) is 0 Å². The summed E-state index contributed by atoms with van der Waals surface area (Å²) in [5, 5.41) is 0. The molecule has 2 nitrogen and oxygen atoms in total. The molecule has 0 N–H and O–H groups in total. The molecule has 5 atom stereocenters. The lowest BCUT2D eigenvalue weighted by Gasteiger charge is -2.18. The zero-order valence-electron chi connectivity index (χ0n) is 28.5. The molecular formula is C41H66N2. The van der Waals surface area contributed by atoms with Gasteiger partial charge in [0.05, 0.1) is 0 Å². The van der Waals surface area contributed by atoms with Gasteiger partial charge in [0.15, 0.2) is 0 Å². The fourth-order valence-electron chi connectivity index (χ4n) is 7.12. The summed E-state index contributed by atoms with van der Waals surface area (Å²) < 4.78 is 0. The van der Waals surface area contributed by atoms with E-state index in [1.54, 1.807) is 16.7 Å². The first kappa shape index (κ1) is 34.2. The van der Waals surface area contributed by atoms with Crippen LogP contribution in [-0.4, -0.2) is 48.1 Å². The molecular weight excluding hydrogens is 520 g/mol. The molecule has 0 bridgehead atoms. The van der Waals surface area contributed by atoms with Gasteiger partial charge in [0.2, 0.25) is 0 Å². The quantitative estimate of drug-likeness (QED) is 0.0843. The molecule has 5 unspecified atom stereocenters. The van der Waals surface area contributed by atoms with Crippen LogP contribution >= 0.6 is 0 Å². The number of rotatable bonds is 25. The van der Waals surface area contributed by atoms with Gasteiger partial charge in [-0.2, -0.15) is 0 Å². The second-order valence-corrected chi connectivity index (χ2v) is 14.4. The van der Waals surface area contributed by atoms with Crippen LogP contribution in [0.15, 0.2) is 48.5 Å². The lowest BCUT2D eigenvalue weighted by Crippen LogP contribution is -2.03. The normalized spacial score (nSPS) is 21.7. The third-order valence-corrected chi connectivity index (χ3v) is 10.4. The van der Waals surface area contributed by atoms with Crippen LogP contribution in [0.2, 0.25) is 0 Å². The summed E-state index contributed by atoms with van der Waals surface area (Å²) in [5.41, 5.74) is 6.25. The molecule has 2 heteroatoms. The van der Waals surface area contributed by atoms with Crippen molar-refractivity contribution in [3.63, 3.8) is 0 Å². The number of hydrogen-bond donors (Lipinski definition) is 0. The molecule has 0 aromatic heterocycles. The topological polar surface area (TPSA) is 6.02 Å². The van der Waals surface area contributed by atoms with Crippen LogP contribution in [0, 0.1) is 0 Å². The maximum atomic E-state index is 2.59.